The van der Waals surface area contributed by atoms with Crippen molar-refractivity contribution in [3.8, 4) is 0 Å². The molecule has 0 aromatic heterocycles. The van der Waals surface area contributed by atoms with Crippen LogP contribution in [0.1, 0.15) is 34.1 Å². The molecule has 0 saturated heterocycles. The maximum absolute atomic E-state index is 11.5. The van der Waals surface area contributed by atoms with Gasteiger partial charge in [0, 0.05) is 6.04 Å². The van der Waals surface area contributed by atoms with Gasteiger partial charge in [0.2, 0.25) is 0 Å². The predicted octanol–water partition coefficient (Wildman–Crippen LogP) is 0.766. The van der Waals surface area contributed by atoms with Gasteiger partial charge in [-0.25, -0.2) is 0 Å². The number of carbonyl (C=O) groups excluding carboxylic acids is 1. The molecular formula is C10H19NO4. The number of hydrogen-bond donors (Lipinski definition) is 2. The third-order valence-corrected chi connectivity index (χ3v) is 1.60. The lowest BCUT2D eigenvalue weighted by Gasteiger charge is -2.22. The van der Waals surface area contributed by atoms with Gasteiger partial charge in [0.15, 0.2) is 5.92 Å². The smallest absolute Gasteiger partial charge is 0.320 e. The average molecular weight is 217 g/mol. The van der Waals surface area contributed by atoms with Gasteiger partial charge >= 0.3 is 11.9 Å². The van der Waals surface area contributed by atoms with Gasteiger partial charge in [-0.05, 0) is 34.1 Å². The van der Waals surface area contributed by atoms with Gasteiger partial charge in [-0.2, -0.15) is 0 Å². The summed E-state index contributed by atoms with van der Waals surface area (Å²) >= 11 is 0. The summed E-state index contributed by atoms with van der Waals surface area (Å²) in [5.74, 6) is -3.10. The van der Waals surface area contributed by atoms with Crippen molar-refractivity contribution in [2.45, 2.75) is 45.8 Å². The van der Waals surface area contributed by atoms with Gasteiger partial charge < -0.3 is 15.6 Å². The molecule has 2 unspecified atom stereocenters. The van der Waals surface area contributed by atoms with Crippen molar-refractivity contribution in [3.05, 3.63) is 0 Å². The minimum absolute atomic E-state index is 0.0875. The molecular weight excluding hydrogens is 198 g/mol. The number of carbonyl (C=O) groups is 2. The lowest BCUT2D eigenvalue weighted by molar-refractivity contribution is -0.167. The number of carboxylic acids is 1. The van der Waals surface area contributed by atoms with Crippen molar-refractivity contribution in [2.75, 3.05) is 0 Å². The first-order valence-electron chi connectivity index (χ1n) is 4.84. The Morgan fingerprint density at radius 2 is 1.87 bits per heavy atom. The van der Waals surface area contributed by atoms with Crippen LogP contribution in [0.15, 0.2) is 0 Å². The largest absolute Gasteiger partial charge is 0.481 e. The Morgan fingerprint density at radius 1 is 1.40 bits per heavy atom. The van der Waals surface area contributed by atoms with E-state index in [9.17, 15) is 9.59 Å². The number of carboxylic acid groups (broad SMARTS) is 1. The second-order valence-electron chi connectivity index (χ2n) is 4.64. The lowest BCUT2D eigenvalue weighted by Crippen LogP contribution is -2.35. The fourth-order valence-electron chi connectivity index (χ4n) is 1.04. The number of hydrogen-bond acceptors (Lipinski definition) is 4. The SMILES string of the molecule is CC(N)CC(C(=O)O)C(=O)OC(C)(C)C. The van der Waals surface area contributed by atoms with E-state index in [0.717, 1.165) is 0 Å². The molecule has 0 amide bonds. The quantitative estimate of drug-likeness (QED) is 0.536. The number of aliphatic carboxylic acids is 1. The molecule has 0 aliphatic heterocycles. The van der Waals surface area contributed by atoms with E-state index in [2.05, 4.69) is 0 Å². The highest BCUT2D eigenvalue weighted by Gasteiger charge is 2.31. The van der Waals surface area contributed by atoms with Crippen molar-refractivity contribution in [3.63, 3.8) is 0 Å². The highest BCUT2D eigenvalue weighted by molar-refractivity contribution is 5.94. The van der Waals surface area contributed by atoms with E-state index >= 15 is 0 Å². The third kappa shape index (κ3) is 6.06. The number of nitrogens with two attached hydrogens (primary N) is 1. The fraction of sp³-hybridized carbons (Fsp3) is 0.800. The van der Waals surface area contributed by atoms with Crippen molar-refractivity contribution < 1.29 is 19.4 Å². The van der Waals surface area contributed by atoms with Crippen LogP contribution in [0.25, 0.3) is 0 Å². The van der Waals surface area contributed by atoms with E-state index in [1.54, 1.807) is 27.7 Å². The Hall–Kier alpha value is -1.10. The average Bonchev–Trinajstić information content (AvgIpc) is 1.95. The molecule has 5 nitrogen and oxygen atoms in total. The van der Waals surface area contributed by atoms with Crippen LogP contribution in [0.3, 0.4) is 0 Å². The van der Waals surface area contributed by atoms with Crippen LogP contribution in [0.4, 0.5) is 0 Å². The van der Waals surface area contributed by atoms with Crippen molar-refractivity contribution in [1.29, 1.82) is 0 Å². The van der Waals surface area contributed by atoms with E-state index in [4.69, 9.17) is 15.6 Å². The third-order valence-electron chi connectivity index (χ3n) is 1.60. The zero-order valence-corrected chi connectivity index (χ0v) is 9.61. The lowest BCUT2D eigenvalue weighted by atomic mass is 10.0. The van der Waals surface area contributed by atoms with E-state index in [1.165, 1.54) is 0 Å². The molecule has 0 aromatic rings. The first kappa shape index (κ1) is 13.9. The van der Waals surface area contributed by atoms with E-state index in [-0.39, 0.29) is 12.5 Å². The maximum Gasteiger partial charge on any atom is 0.320 e. The molecule has 0 radical (unpaired) electrons. The van der Waals surface area contributed by atoms with Crippen LogP contribution in [0.2, 0.25) is 0 Å². The summed E-state index contributed by atoms with van der Waals surface area (Å²) in [7, 11) is 0. The summed E-state index contributed by atoms with van der Waals surface area (Å²) in [6, 6.07) is -0.349. The van der Waals surface area contributed by atoms with Crippen molar-refractivity contribution >= 4 is 11.9 Å². The Kier molecular flexibility index (Phi) is 4.74. The normalized spacial score (nSPS) is 15.5. The van der Waals surface area contributed by atoms with Gasteiger partial charge in [-0.15, -0.1) is 0 Å². The summed E-state index contributed by atoms with van der Waals surface area (Å²) in [5, 5.41) is 8.83. The summed E-state index contributed by atoms with van der Waals surface area (Å²) in [6.45, 7) is 6.72. The Labute approximate surface area is 89.6 Å². The number of ether oxygens (including phenoxy) is 1. The minimum Gasteiger partial charge on any atom is -0.481 e. The fourth-order valence-corrected chi connectivity index (χ4v) is 1.04. The molecule has 0 fully saturated rings. The molecule has 15 heavy (non-hydrogen) atoms. The summed E-state index contributed by atoms with van der Waals surface area (Å²) in [4.78, 5) is 22.3. The topological polar surface area (TPSA) is 89.6 Å². The Morgan fingerprint density at radius 3 is 2.13 bits per heavy atom. The Bertz CT molecular complexity index is 242. The maximum atomic E-state index is 11.5. The zero-order valence-electron chi connectivity index (χ0n) is 9.61. The zero-order chi connectivity index (χ0) is 12.2. The first-order chi connectivity index (χ1) is 6.63. The summed E-state index contributed by atoms with van der Waals surface area (Å²) < 4.78 is 4.99. The van der Waals surface area contributed by atoms with Gasteiger partial charge in [0.25, 0.3) is 0 Å². The van der Waals surface area contributed by atoms with Crippen LogP contribution in [-0.2, 0) is 14.3 Å². The molecule has 0 rings (SSSR count). The summed E-state index contributed by atoms with van der Waals surface area (Å²) in [6.07, 6.45) is 0.0875. The van der Waals surface area contributed by atoms with Gasteiger partial charge in [0.1, 0.15) is 5.60 Å². The molecule has 0 heterocycles. The monoisotopic (exact) mass is 217 g/mol. The highest BCUT2D eigenvalue weighted by atomic mass is 16.6. The van der Waals surface area contributed by atoms with E-state index in [1.807, 2.05) is 0 Å². The molecule has 2 atom stereocenters. The van der Waals surface area contributed by atoms with Crippen molar-refractivity contribution in [2.24, 2.45) is 11.7 Å². The second-order valence-corrected chi connectivity index (χ2v) is 4.64. The molecule has 0 bridgehead atoms. The molecule has 0 spiro atoms. The molecule has 0 saturated carbocycles. The van der Waals surface area contributed by atoms with Crippen LogP contribution in [0.5, 0.6) is 0 Å². The van der Waals surface area contributed by atoms with Crippen LogP contribution in [-0.4, -0.2) is 28.7 Å². The Balaban J connectivity index is 4.50. The van der Waals surface area contributed by atoms with Crippen LogP contribution in [0, 0.1) is 5.92 Å². The summed E-state index contributed by atoms with van der Waals surface area (Å²) in [5.41, 5.74) is 4.78. The molecule has 0 aromatic carbocycles. The standard InChI is InChI=1S/C10H19NO4/c1-6(11)5-7(8(12)13)9(14)15-10(2,3)4/h6-7H,5,11H2,1-4H3,(H,12,13). The number of esters is 1. The van der Waals surface area contributed by atoms with Gasteiger partial charge in [-0.3, -0.25) is 9.59 Å². The van der Waals surface area contributed by atoms with Crippen LogP contribution >= 0.6 is 0 Å². The highest BCUT2D eigenvalue weighted by Crippen LogP contribution is 2.15. The molecule has 0 aliphatic rings. The number of rotatable bonds is 4. The van der Waals surface area contributed by atoms with E-state index in [0.29, 0.717) is 0 Å². The predicted molar refractivity (Wildman–Crippen MR) is 55.2 cm³/mol. The molecule has 5 heteroatoms. The molecule has 0 aliphatic carbocycles. The molecule has 88 valence electrons. The second kappa shape index (κ2) is 5.11. The van der Waals surface area contributed by atoms with Gasteiger partial charge in [0.05, 0.1) is 0 Å². The van der Waals surface area contributed by atoms with Crippen LogP contribution < -0.4 is 5.73 Å². The molecule has 3 N–H and O–H groups in total. The first-order valence-corrected chi connectivity index (χ1v) is 4.84. The van der Waals surface area contributed by atoms with E-state index < -0.39 is 23.5 Å². The minimum atomic E-state index is -1.19. The van der Waals surface area contributed by atoms with Gasteiger partial charge in [-0.1, -0.05) is 0 Å². The van der Waals surface area contributed by atoms with Crippen molar-refractivity contribution in [1.82, 2.24) is 0 Å².